The van der Waals surface area contributed by atoms with Gasteiger partial charge in [0, 0.05) is 20.7 Å². The number of hydrogen-bond donors (Lipinski definition) is 2. The molecule has 0 fully saturated rings. The zero-order valence-electron chi connectivity index (χ0n) is 18.4. The Morgan fingerprint density at radius 3 is 2.03 bits per heavy atom. The van der Waals surface area contributed by atoms with Gasteiger partial charge in [-0.1, -0.05) is 70.5 Å². The van der Waals surface area contributed by atoms with Gasteiger partial charge in [0.15, 0.2) is 0 Å². The molecule has 0 aliphatic rings. The molecule has 30 heavy (non-hydrogen) atoms. The van der Waals surface area contributed by atoms with Crippen LogP contribution >= 0.6 is 35.3 Å². The van der Waals surface area contributed by atoms with E-state index in [2.05, 4.69) is 15.9 Å². The Labute approximate surface area is 233 Å². The summed E-state index contributed by atoms with van der Waals surface area (Å²) in [5.41, 5.74) is -1.96. The Balaban J connectivity index is 0. The van der Waals surface area contributed by atoms with E-state index in [1.165, 1.54) is 12.1 Å². The van der Waals surface area contributed by atoms with Crippen molar-refractivity contribution >= 4 is 35.3 Å². The number of hydrogen-bond acceptors (Lipinski definition) is 2. The van der Waals surface area contributed by atoms with Crippen molar-refractivity contribution < 1.29 is 85.1 Å². The zero-order chi connectivity index (χ0) is 20.4. The first-order valence-corrected chi connectivity index (χ1v) is 11.6. The van der Waals surface area contributed by atoms with Gasteiger partial charge in [-0.2, -0.15) is 8.78 Å². The number of rotatable bonds is 6. The van der Waals surface area contributed by atoms with Crippen molar-refractivity contribution in [2.24, 2.45) is 0 Å². The Morgan fingerprint density at radius 2 is 1.50 bits per heavy atom. The summed E-state index contributed by atoms with van der Waals surface area (Å²) in [5.74, 6) is 0.533. The summed E-state index contributed by atoms with van der Waals surface area (Å²) in [5, 5.41) is 0. The molecular weight excluding hydrogens is 515 g/mol. The average molecular weight is 533 g/mol. The molecule has 0 amide bonds. The summed E-state index contributed by atoms with van der Waals surface area (Å²) in [7, 11) is -5.59. The van der Waals surface area contributed by atoms with Crippen LogP contribution in [0.15, 0.2) is 82.2 Å². The van der Waals surface area contributed by atoms with Crippen LogP contribution < -0.4 is 59.1 Å². The Kier molecular flexibility index (Phi) is 11.5. The van der Waals surface area contributed by atoms with Gasteiger partial charge in [-0.25, -0.2) is 0 Å². The molecule has 3 aromatic rings. The summed E-state index contributed by atoms with van der Waals surface area (Å²) in [6.07, 6.45) is 0. The van der Waals surface area contributed by atoms with Crippen LogP contribution in [0.1, 0.15) is 14.0 Å². The first-order chi connectivity index (χ1) is 13.2. The molecule has 0 atom stereocenters. The van der Waals surface area contributed by atoms with Crippen molar-refractivity contribution in [1.29, 1.82) is 0 Å². The predicted octanol–water partition coefficient (Wildman–Crippen LogP) is 0.868. The zero-order valence-corrected chi connectivity index (χ0v) is 23.7. The second kappa shape index (κ2) is 12.1. The Hall–Kier alpha value is 0.500. The van der Waals surface area contributed by atoms with Gasteiger partial charge >= 0.3 is 72.4 Å². The maximum Gasteiger partial charge on any atom is 1.00 e. The van der Waals surface area contributed by atoms with Gasteiger partial charge in [0.05, 0.1) is 0 Å². The Bertz CT molecular complexity index is 1030. The van der Waals surface area contributed by atoms with Crippen molar-refractivity contribution in [1.82, 2.24) is 0 Å². The van der Waals surface area contributed by atoms with E-state index in [4.69, 9.17) is 9.79 Å². The van der Waals surface area contributed by atoms with Crippen LogP contribution in [-0.4, -0.2) is 9.79 Å². The van der Waals surface area contributed by atoms with Gasteiger partial charge in [0.1, 0.15) is 0 Å². The van der Waals surface area contributed by atoms with Crippen LogP contribution in [0.2, 0.25) is 0 Å². The molecule has 0 bridgehead atoms. The van der Waals surface area contributed by atoms with Crippen LogP contribution in [0.4, 0.5) is 8.78 Å². The van der Waals surface area contributed by atoms with E-state index in [1.54, 1.807) is 11.8 Å². The molecule has 0 aromatic heterocycles. The molecule has 3 rings (SSSR count). The predicted molar refractivity (Wildman–Crippen MR) is 114 cm³/mol. The van der Waals surface area contributed by atoms with E-state index >= 15 is 0 Å². The first-order valence-electron chi connectivity index (χ1n) is 8.19. The molecule has 2 N–H and O–H groups in total. The number of benzene rings is 3. The minimum atomic E-state index is -5.59. The minimum Gasteiger partial charge on any atom is -1.00 e. The van der Waals surface area contributed by atoms with Crippen molar-refractivity contribution in [2.75, 3.05) is 0 Å². The van der Waals surface area contributed by atoms with Gasteiger partial charge in [-0.15, -0.1) is 11.8 Å². The summed E-state index contributed by atoms with van der Waals surface area (Å²) in [4.78, 5) is 18.8. The molecule has 150 valence electrons. The van der Waals surface area contributed by atoms with E-state index in [0.717, 1.165) is 27.7 Å². The third-order valence-corrected chi connectivity index (χ3v) is 6.80. The molecule has 0 heterocycles. The van der Waals surface area contributed by atoms with E-state index in [1.807, 2.05) is 54.6 Å². The molecule has 0 spiro atoms. The molecule has 0 saturated heterocycles. The maximum absolute atomic E-state index is 13.9. The Morgan fingerprint density at radius 1 is 0.933 bits per heavy atom. The van der Waals surface area contributed by atoms with Crippen LogP contribution in [0.5, 0.6) is 0 Å². The summed E-state index contributed by atoms with van der Waals surface area (Å²) < 4.78 is 38.8. The quantitative estimate of drug-likeness (QED) is 0.281. The largest absolute Gasteiger partial charge is 1.00 e. The monoisotopic (exact) mass is 532 g/mol. The summed E-state index contributed by atoms with van der Waals surface area (Å²) in [6, 6.07) is 22.0. The van der Waals surface area contributed by atoms with E-state index < -0.39 is 18.8 Å². The smallest absolute Gasteiger partial charge is 1.00 e. The second-order valence-corrected chi connectivity index (χ2v) is 9.63. The SMILES string of the molecule is O=P(O)(O)C(F)(F)c1ccc(CSc2ccc(-c3ccccc3)cc2)cc1Br.[H-].[H-].[Na+].[Na+]. The van der Waals surface area contributed by atoms with Crippen LogP contribution in [-0.2, 0) is 16.0 Å². The molecular formula is C20H18BrF2Na2O3PS. The number of halogens is 3. The fourth-order valence-corrected chi connectivity index (χ4v) is 4.77. The standard InChI is InChI=1S/C20H16BrF2O3PS.2Na.2H/c21-19-12-14(6-11-18(19)20(22,23)27(24,25)26)13-28-17-9-7-16(8-10-17)15-4-2-1-3-5-15;;;;/h1-12H,13H2,(H2,24,25,26);;;;/q;2*+1;2*-1. The van der Waals surface area contributed by atoms with Crippen molar-refractivity contribution in [3.63, 3.8) is 0 Å². The van der Waals surface area contributed by atoms with Gasteiger partial charge in [0.2, 0.25) is 0 Å². The molecule has 3 aromatic carbocycles. The summed E-state index contributed by atoms with van der Waals surface area (Å²) in [6.45, 7) is 0. The van der Waals surface area contributed by atoms with Crippen LogP contribution in [0.3, 0.4) is 0 Å². The topological polar surface area (TPSA) is 57.5 Å². The number of thioether (sulfide) groups is 1. The molecule has 3 nitrogen and oxygen atoms in total. The van der Waals surface area contributed by atoms with Gasteiger partial charge in [-0.3, -0.25) is 4.57 Å². The first kappa shape index (κ1) is 28.5. The van der Waals surface area contributed by atoms with Gasteiger partial charge in [0.25, 0.3) is 0 Å². The maximum atomic E-state index is 13.9. The fraction of sp³-hybridized carbons (Fsp3) is 0.100. The average Bonchev–Trinajstić information content (AvgIpc) is 2.66. The van der Waals surface area contributed by atoms with Crippen LogP contribution in [0.25, 0.3) is 11.1 Å². The normalized spacial score (nSPS) is 11.4. The molecule has 0 aliphatic heterocycles. The third kappa shape index (κ3) is 7.00. The summed E-state index contributed by atoms with van der Waals surface area (Å²) >= 11 is 4.55. The van der Waals surface area contributed by atoms with E-state index in [-0.39, 0.29) is 66.4 Å². The van der Waals surface area contributed by atoms with Crippen molar-refractivity contribution in [3.8, 4) is 11.1 Å². The molecule has 0 aliphatic carbocycles. The van der Waals surface area contributed by atoms with Crippen molar-refractivity contribution in [3.05, 3.63) is 88.4 Å². The molecule has 10 heteroatoms. The van der Waals surface area contributed by atoms with Crippen LogP contribution in [0, 0.1) is 0 Å². The number of alkyl halides is 2. The van der Waals surface area contributed by atoms with Crippen molar-refractivity contribution in [2.45, 2.75) is 16.3 Å². The third-order valence-electron chi connectivity index (χ3n) is 4.09. The van der Waals surface area contributed by atoms with E-state index in [9.17, 15) is 13.3 Å². The second-order valence-electron chi connectivity index (χ2n) is 6.08. The molecule has 0 radical (unpaired) electrons. The fourth-order valence-electron chi connectivity index (χ4n) is 2.59. The minimum absolute atomic E-state index is 0. The molecule has 0 saturated carbocycles. The molecule has 0 unspecified atom stereocenters. The van der Waals surface area contributed by atoms with E-state index in [0.29, 0.717) is 5.75 Å². The van der Waals surface area contributed by atoms with Gasteiger partial charge < -0.3 is 12.6 Å². The van der Waals surface area contributed by atoms with Gasteiger partial charge in [-0.05, 0) is 34.9 Å².